The van der Waals surface area contributed by atoms with Gasteiger partial charge in [0.2, 0.25) is 0 Å². The first-order valence-electron chi connectivity index (χ1n) is 5.89. The fraction of sp³-hybridized carbons (Fsp3) is 0.538. The van der Waals surface area contributed by atoms with Gasteiger partial charge in [-0.1, -0.05) is 0 Å². The topological polar surface area (TPSA) is 30.5 Å². The maximum atomic E-state index is 5.47. The molecule has 0 unspecified atom stereocenters. The summed E-state index contributed by atoms with van der Waals surface area (Å²) < 4.78 is 11.9. The van der Waals surface area contributed by atoms with E-state index in [9.17, 15) is 0 Å². The summed E-state index contributed by atoms with van der Waals surface area (Å²) in [6.07, 6.45) is 2.28. The maximum Gasteiger partial charge on any atom is 0.133 e. The molecule has 1 aliphatic heterocycles. The lowest BCUT2D eigenvalue weighted by Crippen LogP contribution is -2.27. The summed E-state index contributed by atoms with van der Waals surface area (Å²) in [4.78, 5) is 0. The van der Waals surface area contributed by atoms with Crippen LogP contribution in [0, 0.1) is 0 Å². The molecule has 1 N–H and O–H groups in total. The molecule has 4 heteroatoms. The van der Waals surface area contributed by atoms with Crippen LogP contribution >= 0.6 is 15.9 Å². The van der Waals surface area contributed by atoms with Gasteiger partial charge in [0, 0.05) is 5.56 Å². The number of benzene rings is 1. The van der Waals surface area contributed by atoms with Crippen molar-refractivity contribution in [2.75, 3.05) is 27.3 Å². The second kappa shape index (κ2) is 5.74. The monoisotopic (exact) mass is 299 g/mol. The molecule has 1 heterocycles. The summed E-state index contributed by atoms with van der Waals surface area (Å²) in [5.41, 5.74) is 1.24. The second-order valence-electron chi connectivity index (χ2n) is 4.22. The Morgan fingerprint density at radius 2 is 1.71 bits per heavy atom. The molecule has 0 aliphatic carbocycles. The number of piperidine rings is 1. The van der Waals surface area contributed by atoms with Gasteiger partial charge in [0.05, 0.1) is 18.7 Å². The van der Waals surface area contributed by atoms with Gasteiger partial charge in [-0.2, -0.15) is 0 Å². The van der Waals surface area contributed by atoms with Gasteiger partial charge in [-0.05, 0) is 59.9 Å². The van der Waals surface area contributed by atoms with Gasteiger partial charge < -0.3 is 14.8 Å². The largest absolute Gasteiger partial charge is 0.496 e. The number of hydrogen-bond donors (Lipinski definition) is 1. The molecule has 3 nitrogen and oxygen atoms in total. The van der Waals surface area contributed by atoms with Crippen LogP contribution in [0.5, 0.6) is 11.5 Å². The number of nitrogens with one attached hydrogen (secondary N) is 1. The van der Waals surface area contributed by atoms with E-state index in [1.165, 1.54) is 5.56 Å². The lowest BCUT2D eigenvalue weighted by Gasteiger charge is -2.26. The lowest BCUT2D eigenvalue weighted by molar-refractivity contribution is 0.381. The van der Waals surface area contributed by atoms with Crippen LogP contribution in [-0.4, -0.2) is 27.3 Å². The van der Waals surface area contributed by atoms with Crippen molar-refractivity contribution >= 4 is 15.9 Å². The molecule has 1 aliphatic rings. The van der Waals surface area contributed by atoms with Gasteiger partial charge in [0.15, 0.2) is 0 Å². The van der Waals surface area contributed by atoms with Crippen molar-refractivity contribution in [1.82, 2.24) is 5.32 Å². The Kier molecular flexibility index (Phi) is 4.29. The van der Waals surface area contributed by atoms with Crippen LogP contribution in [0.3, 0.4) is 0 Å². The van der Waals surface area contributed by atoms with Crippen LogP contribution < -0.4 is 14.8 Å². The van der Waals surface area contributed by atoms with E-state index in [-0.39, 0.29) is 0 Å². The van der Waals surface area contributed by atoms with Crippen LogP contribution in [0.15, 0.2) is 16.6 Å². The zero-order valence-corrected chi connectivity index (χ0v) is 11.8. The van der Waals surface area contributed by atoms with Crippen molar-refractivity contribution in [3.63, 3.8) is 0 Å². The summed E-state index contributed by atoms with van der Waals surface area (Å²) in [7, 11) is 3.41. The Bertz CT molecular complexity index is 389. The number of ether oxygens (including phenoxy) is 2. The Hall–Kier alpha value is -0.740. The number of halogens is 1. The molecule has 2 rings (SSSR count). The summed E-state index contributed by atoms with van der Waals surface area (Å²) >= 11 is 3.64. The molecule has 0 saturated carbocycles. The SMILES string of the molecule is COc1ccc(OC)c(C2CCNCC2)c1Br. The van der Waals surface area contributed by atoms with Gasteiger partial charge in [0.1, 0.15) is 11.5 Å². The highest BCUT2D eigenvalue weighted by atomic mass is 79.9. The Morgan fingerprint density at radius 1 is 1.12 bits per heavy atom. The Morgan fingerprint density at radius 3 is 2.29 bits per heavy atom. The lowest BCUT2D eigenvalue weighted by atomic mass is 9.89. The molecule has 0 amide bonds. The first-order chi connectivity index (χ1) is 8.27. The second-order valence-corrected chi connectivity index (χ2v) is 5.02. The van der Waals surface area contributed by atoms with Gasteiger partial charge >= 0.3 is 0 Å². The number of methoxy groups -OCH3 is 2. The number of hydrogen-bond acceptors (Lipinski definition) is 3. The molecule has 1 aromatic rings. The van der Waals surface area contributed by atoms with E-state index >= 15 is 0 Å². The highest BCUT2D eigenvalue weighted by Crippen LogP contribution is 2.42. The fourth-order valence-electron chi connectivity index (χ4n) is 2.38. The first-order valence-corrected chi connectivity index (χ1v) is 6.68. The molecule has 0 aromatic heterocycles. The standard InChI is InChI=1S/C13H18BrNO2/c1-16-10-3-4-11(17-2)13(14)12(10)9-5-7-15-8-6-9/h3-4,9,15H,5-8H2,1-2H3. The first kappa shape index (κ1) is 12.7. The molecule has 17 heavy (non-hydrogen) atoms. The molecular weight excluding hydrogens is 282 g/mol. The summed E-state index contributed by atoms with van der Waals surface area (Å²) in [5, 5.41) is 3.38. The van der Waals surface area contributed by atoms with E-state index in [0.29, 0.717) is 5.92 Å². The fourth-order valence-corrected chi connectivity index (χ4v) is 3.20. The van der Waals surface area contributed by atoms with Crippen LogP contribution in [0.4, 0.5) is 0 Å². The molecule has 1 aromatic carbocycles. The van der Waals surface area contributed by atoms with E-state index in [1.54, 1.807) is 14.2 Å². The Balaban J connectivity index is 2.40. The van der Waals surface area contributed by atoms with Crippen LogP contribution in [0.2, 0.25) is 0 Å². The molecule has 1 fully saturated rings. The van der Waals surface area contributed by atoms with E-state index in [1.807, 2.05) is 12.1 Å². The van der Waals surface area contributed by atoms with Crippen LogP contribution in [0.1, 0.15) is 24.3 Å². The van der Waals surface area contributed by atoms with Gasteiger partial charge in [-0.15, -0.1) is 0 Å². The minimum atomic E-state index is 0.538. The van der Waals surface area contributed by atoms with Crippen LogP contribution in [-0.2, 0) is 0 Å². The average Bonchev–Trinajstić information content (AvgIpc) is 2.39. The van der Waals surface area contributed by atoms with E-state index in [2.05, 4.69) is 21.2 Å². The third-order valence-corrected chi connectivity index (χ3v) is 4.11. The molecule has 0 spiro atoms. The minimum Gasteiger partial charge on any atom is -0.496 e. The minimum absolute atomic E-state index is 0.538. The number of rotatable bonds is 3. The van der Waals surface area contributed by atoms with Crippen molar-refractivity contribution in [2.45, 2.75) is 18.8 Å². The van der Waals surface area contributed by atoms with Crippen molar-refractivity contribution in [1.29, 1.82) is 0 Å². The van der Waals surface area contributed by atoms with Gasteiger partial charge in [-0.3, -0.25) is 0 Å². The molecule has 1 saturated heterocycles. The highest BCUT2D eigenvalue weighted by molar-refractivity contribution is 9.10. The smallest absolute Gasteiger partial charge is 0.133 e. The summed E-state index contributed by atoms with van der Waals surface area (Å²) in [6, 6.07) is 3.93. The predicted octanol–water partition coefficient (Wildman–Crippen LogP) is 2.93. The third kappa shape index (κ3) is 2.58. The average molecular weight is 300 g/mol. The molecular formula is C13H18BrNO2. The van der Waals surface area contributed by atoms with Crippen LogP contribution in [0.25, 0.3) is 0 Å². The normalized spacial score (nSPS) is 16.9. The van der Waals surface area contributed by atoms with Crippen molar-refractivity contribution in [2.24, 2.45) is 0 Å². The zero-order chi connectivity index (χ0) is 12.3. The molecule has 0 atom stereocenters. The van der Waals surface area contributed by atoms with E-state index < -0.39 is 0 Å². The van der Waals surface area contributed by atoms with Crippen molar-refractivity contribution < 1.29 is 9.47 Å². The third-order valence-electron chi connectivity index (χ3n) is 3.29. The Labute approximate surface area is 111 Å². The zero-order valence-electron chi connectivity index (χ0n) is 10.3. The van der Waals surface area contributed by atoms with Crippen molar-refractivity contribution in [3.8, 4) is 11.5 Å². The van der Waals surface area contributed by atoms with E-state index in [4.69, 9.17) is 9.47 Å². The highest BCUT2D eigenvalue weighted by Gasteiger charge is 2.23. The predicted molar refractivity (Wildman–Crippen MR) is 72.1 cm³/mol. The van der Waals surface area contributed by atoms with E-state index in [0.717, 1.165) is 41.9 Å². The maximum absolute atomic E-state index is 5.47. The van der Waals surface area contributed by atoms with Crippen molar-refractivity contribution in [3.05, 3.63) is 22.2 Å². The molecule has 94 valence electrons. The van der Waals surface area contributed by atoms with Gasteiger partial charge in [0.25, 0.3) is 0 Å². The summed E-state index contributed by atoms with van der Waals surface area (Å²) in [5.74, 6) is 2.36. The molecule has 0 radical (unpaired) electrons. The summed E-state index contributed by atoms with van der Waals surface area (Å²) in [6.45, 7) is 2.13. The molecule has 0 bridgehead atoms. The quantitative estimate of drug-likeness (QED) is 0.931. The van der Waals surface area contributed by atoms with Gasteiger partial charge in [-0.25, -0.2) is 0 Å².